The van der Waals surface area contributed by atoms with Gasteiger partial charge < -0.3 is 19.2 Å². The number of hydrogen-bond acceptors (Lipinski definition) is 5. The fraction of sp³-hybridized carbons (Fsp3) is 0.529. The van der Waals surface area contributed by atoms with E-state index in [1.54, 1.807) is 11.9 Å². The number of benzene rings is 1. The zero-order valence-electron chi connectivity index (χ0n) is 13.6. The van der Waals surface area contributed by atoms with Crippen molar-refractivity contribution in [3.8, 4) is 0 Å². The van der Waals surface area contributed by atoms with Crippen LogP contribution in [0.2, 0.25) is 5.02 Å². The average molecular weight is 353 g/mol. The maximum atomic E-state index is 12.5. The molecule has 0 aliphatic carbocycles. The number of carbonyl (C=O) groups is 1. The van der Waals surface area contributed by atoms with Crippen LogP contribution in [0, 0.1) is 0 Å². The zero-order chi connectivity index (χ0) is 16.9. The molecule has 0 bridgehead atoms. The summed E-state index contributed by atoms with van der Waals surface area (Å²) in [6, 6.07) is 7.61. The second kappa shape index (κ2) is 7.96. The Morgan fingerprint density at radius 2 is 2.29 bits per heavy atom. The third-order valence-electron chi connectivity index (χ3n) is 4.04. The minimum atomic E-state index is -0.561. The van der Waals surface area contributed by atoms with Crippen LogP contribution in [0.15, 0.2) is 29.4 Å². The lowest BCUT2D eigenvalue weighted by Crippen LogP contribution is -2.44. The minimum absolute atomic E-state index is 0.0825. The van der Waals surface area contributed by atoms with Gasteiger partial charge in [0.2, 0.25) is 6.10 Å². The first kappa shape index (κ1) is 17.2. The monoisotopic (exact) mass is 352 g/mol. The van der Waals surface area contributed by atoms with Crippen LogP contribution in [-0.4, -0.2) is 62.1 Å². The summed E-state index contributed by atoms with van der Waals surface area (Å²) in [5, 5.41) is 4.75. The lowest BCUT2D eigenvalue weighted by Gasteiger charge is -2.28. The summed E-state index contributed by atoms with van der Waals surface area (Å²) in [6.45, 7) is 2.18. The van der Waals surface area contributed by atoms with Crippen LogP contribution in [0.4, 0.5) is 0 Å². The fourth-order valence-corrected chi connectivity index (χ4v) is 3.04. The molecule has 0 aromatic heterocycles. The topological polar surface area (TPSA) is 60.4 Å². The van der Waals surface area contributed by atoms with E-state index in [2.05, 4.69) is 5.16 Å². The Morgan fingerprint density at radius 3 is 3.04 bits per heavy atom. The third kappa shape index (κ3) is 4.47. The predicted octanol–water partition coefficient (Wildman–Crippen LogP) is 1.90. The molecule has 6 nitrogen and oxygen atoms in total. The van der Waals surface area contributed by atoms with Crippen molar-refractivity contribution in [2.45, 2.75) is 25.0 Å². The summed E-state index contributed by atoms with van der Waals surface area (Å²) in [6.07, 6.45) is 0.486. The van der Waals surface area contributed by atoms with Gasteiger partial charge in [-0.05, 0) is 17.7 Å². The predicted molar refractivity (Wildman–Crippen MR) is 90.3 cm³/mol. The smallest absolute Gasteiger partial charge is 0.266 e. The molecule has 2 aliphatic heterocycles. The average Bonchev–Trinajstić information content (AvgIpc) is 3.03. The normalized spacial score (nSPS) is 23.5. The number of likely N-dealkylation sites (N-methyl/N-ethyl adjacent to an activating group) is 1. The number of hydrogen-bond donors (Lipinski definition) is 0. The van der Waals surface area contributed by atoms with E-state index in [0.717, 1.165) is 11.3 Å². The van der Waals surface area contributed by atoms with Gasteiger partial charge in [0.05, 0.1) is 31.6 Å². The van der Waals surface area contributed by atoms with E-state index in [9.17, 15) is 4.79 Å². The molecule has 1 aromatic rings. The largest absolute Gasteiger partial charge is 0.382 e. The van der Waals surface area contributed by atoms with Crippen molar-refractivity contribution >= 4 is 23.2 Å². The van der Waals surface area contributed by atoms with Crippen LogP contribution >= 0.6 is 11.6 Å². The summed E-state index contributed by atoms with van der Waals surface area (Å²) in [7, 11) is 1.75. The van der Waals surface area contributed by atoms with Crippen molar-refractivity contribution in [3.05, 3.63) is 34.9 Å². The fourth-order valence-electron chi connectivity index (χ4n) is 2.83. The number of oxime groups is 1. The van der Waals surface area contributed by atoms with Crippen LogP contribution in [0.25, 0.3) is 0 Å². The molecule has 24 heavy (non-hydrogen) atoms. The van der Waals surface area contributed by atoms with Crippen LogP contribution in [0.3, 0.4) is 0 Å². The second-order valence-electron chi connectivity index (χ2n) is 6.05. The second-order valence-corrected chi connectivity index (χ2v) is 6.49. The van der Waals surface area contributed by atoms with Gasteiger partial charge in [0.25, 0.3) is 5.91 Å². The summed E-state index contributed by atoms with van der Waals surface area (Å²) in [5.41, 5.74) is 1.90. The molecule has 0 unspecified atom stereocenters. The quantitative estimate of drug-likeness (QED) is 0.812. The summed E-state index contributed by atoms with van der Waals surface area (Å²) >= 11 is 5.99. The molecule has 2 aliphatic rings. The first-order valence-corrected chi connectivity index (χ1v) is 8.40. The van der Waals surface area contributed by atoms with Gasteiger partial charge in [-0.1, -0.05) is 28.9 Å². The molecular formula is C17H21ClN2O4. The van der Waals surface area contributed by atoms with E-state index in [-0.39, 0.29) is 12.0 Å². The van der Waals surface area contributed by atoms with Crippen LogP contribution in [0.1, 0.15) is 12.0 Å². The Labute approximate surface area is 146 Å². The lowest BCUT2D eigenvalue weighted by atomic mass is 10.0. The number of halogens is 1. The Morgan fingerprint density at radius 1 is 1.42 bits per heavy atom. The molecule has 1 amide bonds. The Hall–Kier alpha value is -1.63. The van der Waals surface area contributed by atoms with Crippen molar-refractivity contribution < 1.29 is 19.1 Å². The molecule has 2 atom stereocenters. The summed E-state index contributed by atoms with van der Waals surface area (Å²) < 4.78 is 10.9. The number of ether oxygens (including phenoxy) is 2. The highest BCUT2D eigenvalue weighted by Gasteiger charge is 2.31. The Balaban J connectivity index is 1.49. The maximum absolute atomic E-state index is 12.5. The van der Waals surface area contributed by atoms with Crippen LogP contribution < -0.4 is 0 Å². The molecule has 7 heteroatoms. The van der Waals surface area contributed by atoms with Crippen molar-refractivity contribution in [3.63, 3.8) is 0 Å². The highest BCUT2D eigenvalue weighted by molar-refractivity contribution is 6.30. The van der Waals surface area contributed by atoms with Crippen molar-refractivity contribution in [1.29, 1.82) is 0 Å². The molecule has 0 saturated carbocycles. The first-order chi connectivity index (χ1) is 11.6. The number of rotatable bonds is 5. The number of amides is 1. The van der Waals surface area contributed by atoms with E-state index in [0.29, 0.717) is 44.2 Å². The summed E-state index contributed by atoms with van der Waals surface area (Å²) in [4.78, 5) is 19.4. The molecule has 1 fully saturated rings. The van der Waals surface area contributed by atoms with Gasteiger partial charge in [-0.3, -0.25) is 4.79 Å². The number of carbonyl (C=O) groups excluding carboxylic acids is 1. The van der Waals surface area contributed by atoms with E-state index >= 15 is 0 Å². The standard InChI is InChI=1S/C17H21ClN2O4/c1-20(10-15-11-22-5-6-23-15)17(21)16-9-14(19-24-16)8-12-3-2-4-13(18)7-12/h2-4,7,15-16H,5-6,8-11H2,1H3/t15-,16-/m0/s1. The van der Waals surface area contributed by atoms with Crippen LogP contribution in [0.5, 0.6) is 0 Å². The van der Waals surface area contributed by atoms with Gasteiger partial charge in [0, 0.05) is 31.5 Å². The van der Waals surface area contributed by atoms with Crippen LogP contribution in [-0.2, 0) is 25.5 Å². The van der Waals surface area contributed by atoms with E-state index < -0.39 is 6.10 Å². The molecule has 130 valence electrons. The Bertz CT molecular complexity index is 616. The molecule has 0 spiro atoms. The SMILES string of the molecule is CN(C[C@H]1COCCO1)C(=O)[C@@H]1CC(Cc2cccc(Cl)c2)=NO1. The van der Waals surface area contributed by atoms with Gasteiger partial charge in [-0.15, -0.1) is 0 Å². The minimum Gasteiger partial charge on any atom is -0.382 e. The lowest BCUT2D eigenvalue weighted by molar-refractivity contribution is -0.146. The highest BCUT2D eigenvalue weighted by atomic mass is 35.5. The van der Waals surface area contributed by atoms with Gasteiger partial charge in [0.1, 0.15) is 0 Å². The first-order valence-electron chi connectivity index (χ1n) is 8.02. The molecule has 2 heterocycles. The summed E-state index contributed by atoms with van der Waals surface area (Å²) in [5.74, 6) is -0.0889. The molecule has 3 rings (SSSR count). The third-order valence-corrected chi connectivity index (χ3v) is 4.28. The highest BCUT2D eigenvalue weighted by Crippen LogP contribution is 2.18. The van der Waals surface area contributed by atoms with Crippen molar-refractivity contribution in [2.24, 2.45) is 5.16 Å². The van der Waals surface area contributed by atoms with Crippen molar-refractivity contribution in [1.82, 2.24) is 4.90 Å². The molecule has 1 aromatic carbocycles. The molecule has 0 radical (unpaired) electrons. The van der Waals surface area contributed by atoms with Gasteiger partial charge in [-0.2, -0.15) is 0 Å². The van der Waals surface area contributed by atoms with E-state index in [1.165, 1.54) is 0 Å². The molecule has 1 saturated heterocycles. The Kier molecular flexibility index (Phi) is 5.71. The van der Waals surface area contributed by atoms with Gasteiger partial charge >= 0.3 is 0 Å². The van der Waals surface area contributed by atoms with E-state index in [1.807, 2.05) is 24.3 Å². The maximum Gasteiger partial charge on any atom is 0.266 e. The van der Waals surface area contributed by atoms with Gasteiger partial charge in [-0.25, -0.2) is 0 Å². The molecule has 0 N–H and O–H groups in total. The molecular weight excluding hydrogens is 332 g/mol. The zero-order valence-corrected chi connectivity index (χ0v) is 14.4. The number of nitrogens with zero attached hydrogens (tertiary/aromatic N) is 2. The van der Waals surface area contributed by atoms with E-state index in [4.69, 9.17) is 25.9 Å². The van der Waals surface area contributed by atoms with Gasteiger partial charge in [0.15, 0.2) is 0 Å². The van der Waals surface area contributed by atoms with Crippen molar-refractivity contribution in [2.75, 3.05) is 33.4 Å².